The van der Waals surface area contributed by atoms with Gasteiger partial charge in [-0.3, -0.25) is 9.78 Å². The minimum absolute atomic E-state index is 0.186. The normalized spacial score (nSPS) is 11.6. The summed E-state index contributed by atoms with van der Waals surface area (Å²) in [5.74, 6) is -0.344. The molecule has 0 aliphatic rings. The summed E-state index contributed by atoms with van der Waals surface area (Å²) < 4.78 is 27.6. The van der Waals surface area contributed by atoms with Crippen molar-refractivity contribution in [2.24, 2.45) is 0 Å². The summed E-state index contributed by atoms with van der Waals surface area (Å²) in [7, 11) is -3.67. The Morgan fingerprint density at radius 3 is 2.38 bits per heavy atom. The van der Waals surface area contributed by atoms with E-state index in [9.17, 15) is 13.2 Å². The van der Waals surface area contributed by atoms with Gasteiger partial charge in [0, 0.05) is 42.1 Å². The van der Waals surface area contributed by atoms with Gasteiger partial charge in [0.15, 0.2) is 0 Å². The third-order valence-corrected chi connectivity index (χ3v) is 7.90. The highest BCUT2D eigenvalue weighted by atomic mass is 32.2. The molecule has 2 aromatic carbocycles. The number of nitrogens with one attached hydrogen (secondary N) is 1. The van der Waals surface area contributed by atoms with Crippen molar-refractivity contribution in [3.8, 4) is 11.3 Å². The molecule has 1 N–H and O–H groups in total. The lowest BCUT2D eigenvalue weighted by Gasteiger charge is -2.20. The summed E-state index contributed by atoms with van der Waals surface area (Å²) in [6.07, 6.45) is 3.35. The molecule has 2 heterocycles. The molecule has 0 fully saturated rings. The van der Waals surface area contributed by atoms with Gasteiger partial charge in [-0.05, 0) is 48.9 Å². The first kappa shape index (κ1) is 23.5. The molecule has 4 aromatic rings. The summed E-state index contributed by atoms with van der Waals surface area (Å²) in [5, 5.41) is 3.59. The zero-order valence-corrected chi connectivity index (χ0v) is 20.1. The van der Waals surface area contributed by atoms with Crippen molar-refractivity contribution in [2.75, 3.05) is 18.4 Å². The van der Waals surface area contributed by atoms with Gasteiger partial charge in [0.05, 0.1) is 21.7 Å². The number of anilines is 1. The Bertz CT molecular complexity index is 1450. The van der Waals surface area contributed by atoms with Crippen molar-refractivity contribution in [1.29, 1.82) is 0 Å². The molecule has 0 spiro atoms. The molecule has 8 heteroatoms. The van der Waals surface area contributed by atoms with E-state index in [0.717, 1.165) is 5.56 Å². The topological polar surface area (TPSA) is 92.3 Å². The Labute approximate surface area is 199 Å². The third kappa shape index (κ3) is 4.55. The SMILES string of the molecule is CCN(CC)S(=O)(=O)c1cc(NC(=O)c2cc(-c3ccncc3)nc3ccccc23)ccc1C. The number of aryl methyl sites for hydroxylation is 1. The highest BCUT2D eigenvalue weighted by Gasteiger charge is 2.24. The maximum absolute atomic E-state index is 13.4. The van der Waals surface area contributed by atoms with Crippen molar-refractivity contribution in [3.63, 3.8) is 0 Å². The molecule has 0 aliphatic carbocycles. The van der Waals surface area contributed by atoms with Crippen LogP contribution in [0.15, 0.2) is 78.0 Å². The highest BCUT2D eigenvalue weighted by molar-refractivity contribution is 7.89. The van der Waals surface area contributed by atoms with Crippen LogP contribution >= 0.6 is 0 Å². The van der Waals surface area contributed by atoms with Gasteiger partial charge < -0.3 is 5.32 Å². The Morgan fingerprint density at radius 2 is 1.68 bits per heavy atom. The molecule has 1 amide bonds. The van der Waals surface area contributed by atoms with Gasteiger partial charge >= 0.3 is 0 Å². The van der Waals surface area contributed by atoms with Gasteiger partial charge in [-0.25, -0.2) is 13.4 Å². The van der Waals surface area contributed by atoms with E-state index in [4.69, 9.17) is 4.98 Å². The van der Waals surface area contributed by atoms with Crippen LogP contribution in [0.3, 0.4) is 0 Å². The van der Waals surface area contributed by atoms with E-state index >= 15 is 0 Å². The lowest BCUT2D eigenvalue weighted by atomic mass is 10.0. The molecular formula is C26H26N4O3S. The zero-order valence-electron chi connectivity index (χ0n) is 19.3. The van der Waals surface area contributed by atoms with Crippen LogP contribution in [0.1, 0.15) is 29.8 Å². The molecule has 4 rings (SSSR count). The van der Waals surface area contributed by atoms with Gasteiger partial charge in [-0.15, -0.1) is 0 Å². The van der Waals surface area contributed by atoms with Gasteiger partial charge in [0.25, 0.3) is 5.91 Å². The van der Waals surface area contributed by atoms with Crippen molar-refractivity contribution in [1.82, 2.24) is 14.3 Å². The Hall–Kier alpha value is -3.62. The number of hydrogen-bond donors (Lipinski definition) is 1. The smallest absolute Gasteiger partial charge is 0.256 e. The average Bonchev–Trinajstić information content (AvgIpc) is 2.85. The summed E-state index contributed by atoms with van der Waals surface area (Å²) in [5.41, 5.74) is 3.67. The van der Waals surface area contributed by atoms with Gasteiger partial charge in [0.1, 0.15) is 0 Å². The predicted molar refractivity (Wildman–Crippen MR) is 134 cm³/mol. The Kier molecular flexibility index (Phi) is 6.72. The molecule has 2 aromatic heterocycles. The van der Waals surface area contributed by atoms with Crippen molar-refractivity contribution in [3.05, 3.63) is 84.2 Å². The maximum Gasteiger partial charge on any atom is 0.256 e. The van der Waals surface area contributed by atoms with Crippen LogP contribution in [0.25, 0.3) is 22.2 Å². The second kappa shape index (κ2) is 9.70. The summed E-state index contributed by atoms with van der Waals surface area (Å²) in [6, 6.07) is 17.8. The van der Waals surface area contributed by atoms with E-state index in [1.165, 1.54) is 10.4 Å². The fourth-order valence-corrected chi connectivity index (χ4v) is 5.60. The second-order valence-corrected chi connectivity index (χ2v) is 9.74. The molecule has 0 bridgehead atoms. The first-order chi connectivity index (χ1) is 16.3. The van der Waals surface area contributed by atoms with Crippen molar-refractivity contribution < 1.29 is 13.2 Å². The number of fused-ring (bicyclic) bond motifs is 1. The Balaban J connectivity index is 1.75. The number of hydrogen-bond acceptors (Lipinski definition) is 5. The zero-order chi connectivity index (χ0) is 24.3. The average molecular weight is 475 g/mol. The van der Waals surface area contributed by atoms with Gasteiger partial charge in [0.2, 0.25) is 10.0 Å². The van der Waals surface area contributed by atoms with Gasteiger partial charge in [-0.2, -0.15) is 4.31 Å². The number of rotatable bonds is 7. The lowest BCUT2D eigenvalue weighted by molar-refractivity contribution is 0.102. The lowest BCUT2D eigenvalue weighted by Crippen LogP contribution is -2.31. The summed E-state index contributed by atoms with van der Waals surface area (Å²) >= 11 is 0. The number of benzene rings is 2. The number of sulfonamides is 1. The van der Waals surface area contributed by atoms with E-state index in [1.807, 2.05) is 36.4 Å². The first-order valence-corrected chi connectivity index (χ1v) is 12.5. The number of carbonyl (C=O) groups excluding carboxylic acids is 1. The summed E-state index contributed by atoms with van der Waals surface area (Å²) in [4.78, 5) is 22.3. The first-order valence-electron chi connectivity index (χ1n) is 11.1. The number of para-hydroxylation sites is 1. The molecule has 0 aliphatic heterocycles. The van der Waals surface area contributed by atoms with Crippen molar-refractivity contribution in [2.45, 2.75) is 25.7 Å². The van der Waals surface area contributed by atoms with E-state index in [2.05, 4.69) is 10.3 Å². The fourth-order valence-electron chi connectivity index (χ4n) is 3.89. The van der Waals surface area contributed by atoms with Crippen LogP contribution in [0.2, 0.25) is 0 Å². The fraction of sp³-hybridized carbons (Fsp3) is 0.192. The molecule has 0 unspecified atom stereocenters. The van der Waals surface area contributed by atoms with Crippen molar-refractivity contribution >= 4 is 32.5 Å². The van der Waals surface area contributed by atoms with E-state index in [-0.39, 0.29) is 10.8 Å². The standard InChI is InChI=1S/C26H26N4O3S/c1-4-30(5-2)34(32,33)25-16-20(11-10-18(25)3)28-26(31)22-17-24(19-12-14-27-15-13-19)29-23-9-7-6-8-21(22)23/h6-17H,4-5H2,1-3H3,(H,28,31). The highest BCUT2D eigenvalue weighted by Crippen LogP contribution is 2.27. The molecule has 0 radical (unpaired) electrons. The minimum atomic E-state index is -3.67. The van der Waals surface area contributed by atoms with Gasteiger partial charge in [-0.1, -0.05) is 38.1 Å². The Morgan fingerprint density at radius 1 is 0.971 bits per heavy atom. The number of pyridine rings is 2. The number of amides is 1. The summed E-state index contributed by atoms with van der Waals surface area (Å²) in [6.45, 7) is 6.10. The third-order valence-electron chi connectivity index (χ3n) is 5.71. The van der Waals surface area contributed by atoms with Crippen LogP contribution in [0.4, 0.5) is 5.69 Å². The molecule has 0 saturated carbocycles. The second-order valence-electron chi connectivity index (χ2n) is 7.83. The largest absolute Gasteiger partial charge is 0.322 e. The van der Waals surface area contributed by atoms with Crippen LogP contribution in [0, 0.1) is 6.92 Å². The quantitative estimate of drug-likeness (QED) is 0.412. The number of nitrogens with zero attached hydrogens (tertiary/aromatic N) is 3. The molecule has 0 saturated heterocycles. The molecule has 0 atom stereocenters. The van der Waals surface area contributed by atoms with Crippen LogP contribution in [0.5, 0.6) is 0 Å². The van der Waals surface area contributed by atoms with Crippen LogP contribution in [-0.2, 0) is 10.0 Å². The molecule has 7 nitrogen and oxygen atoms in total. The monoisotopic (exact) mass is 474 g/mol. The number of carbonyl (C=O) groups is 1. The predicted octanol–water partition coefficient (Wildman–Crippen LogP) is 4.89. The minimum Gasteiger partial charge on any atom is -0.322 e. The molecular weight excluding hydrogens is 448 g/mol. The molecule has 34 heavy (non-hydrogen) atoms. The van der Waals surface area contributed by atoms with E-state index < -0.39 is 10.0 Å². The molecule has 174 valence electrons. The van der Waals surface area contributed by atoms with Crippen LogP contribution < -0.4 is 5.32 Å². The maximum atomic E-state index is 13.4. The van der Waals surface area contributed by atoms with E-state index in [1.54, 1.807) is 51.4 Å². The van der Waals surface area contributed by atoms with E-state index in [0.29, 0.717) is 46.5 Å². The van der Waals surface area contributed by atoms with Crippen LogP contribution in [-0.4, -0.2) is 41.7 Å². The number of aromatic nitrogens is 2.